The summed E-state index contributed by atoms with van der Waals surface area (Å²) < 4.78 is 0. The van der Waals surface area contributed by atoms with Crippen molar-refractivity contribution in [3.63, 3.8) is 0 Å². The molecule has 0 radical (unpaired) electrons. The molecule has 1 aliphatic rings. The highest BCUT2D eigenvalue weighted by Gasteiger charge is 2.47. The second-order valence-electron chi connectivity index (χ2n) is 18.3. The topological polar surface area (TPSA) is 3.24 Å². The summed E-state index contributed by atoms with van der Waals surface area (Å²) in [5.41, 5.74) is 19.6. The lowest BCUT2D eigenvalue weighted by Gasteiger charge is -2.36. The standard InChI is InChI=1S/C69H47N/c1-6-22-48(23-7-1)50-38-40-52(41-39-50)67-62-35-18-16-33-58(62)59-34-17-19-36-63(59)68(67)70(66-37-21-20-32-57(66)51-26-10-3-11-27-51)56-43-45-61-60-44-42-53(49-24-8-2-9-25-49)46-64(60)69(65(61)47-56,54-28-12-4-13-29-54)55-30-14-5-15-31-55/h1-47H. The second kappa shape index (κ2) is 17.2. The van der Waals surface area contributed by atoms with Gasteiger partial charge in [0.15, 0.2) is 0 Å². The summed E-state index contributed by atoms with van der Waals surface area (Å²) in [6.45, 7) is 0. The molecular formula is C69H47N. The van der Waals surface area contributed by atoms with Crippen molar-refractivity contribution in [1.82, 2.24) is 0 Å². The minimum atomic E-state index is -0.639. The van der Waals surface area contributed by atoms with Crippen molar-refractivity contribution < 1.29 is 0 Å². The first-order chi connectivity index (χ1) is 34.8. The summed E-state index contributed by atoms with van der Waals surface area (Å²) in [5, 5.41) is 4.83. The summed E-state index contributed by atoms with van der Waals surface area (Å²) in [7, 11) is 0. The Morgan fingerprint density at radius 2 is 0.671 bits per heavy atom. The van der Waals surface area contributed by atoms with Crippen LogP contribution in [0.2, 0.25) is 0 Å². The molecule has 0 amide bonds. The highest BCUT2D eigenvalue weighted by molar-refractivity contribution is 6.23. The number of para-hydroxylation sites is 1. The van der Waals surface area contributed by atoms with Gasteiger partial charge in [0.1, 0.15) is 0 Å². The van der Waals surface area contributed by atoms with Gasteiger partial charge < -0.3 is 4.90 Å². The van der Waals surface area contributed by atoms with Crippen LogP contribution in [0.1, 0.15) is 22.3 Å². The first-order valence-corrected chi connectivity index (χ1v) is 24.3. The van der Waals surface area contributed by atoms with Gasteiger partial charge in [-0.05, 0) is 107 Å². The molecule has 12 aromatic rings. The fourth-order valence-corrected chi connectivity index (χ4v) is 11.5. The zero-order valence-electron chi connectivity index (χ0n) is 38.6. The van der Waals surface area contributed by atoms with Crippen LogP contribution in [0.15, 0.2) is 285 Å². The third-order valence-corrected chi connectivity index (χ3v) is 14.5. The Labute approximate surface area is 409 Å². The maximum Gasteiger partial charge on any atom is 0.0714 e. The molecule has 13 rings (SSSR count). The number of fused-ring (bicyclic) bond motifs is 6. The third kappa shape index (κ3) is 6.70. The number of hydrogen-bond donors (Lipinski definition) is 0. The van der Waals surface area contributed by atoms with Crippen LogP contribution < -0.4 is 4.90 Å². The van der Waals surface area contributed by atoms with Crippen LogP contribution in [0.3, 0.4) is 0 Å². The van der Waals surface area contributed by atoms with Crippen molar-refractivity contribution in [1.29, 1.82) is 0 Å². The number of hydrogen-bond acceptors (Lipinski definition) is 1. The van der Waals surface area contributed by atoms with E-state index in [0.29, 0.717) is 0 Å². The molecule has 0 atom stereocenters. The fourth-order valence-electron chi connectivity index (χ4n) is 11.5. The molecule has 1 heteroatoms. The lowest BCUT2D eigenvalue weighted by atomic mass is 9.67. The Hall–Kier alpha value is -9.04. The van der Waals surface area contributed by atoms with Crippen LogP contribution >= 0.6 is 0 Å². The Bertz CT molecular complexity index is 3800. The smallest absolute Gasteiger partial charge is 0.0714 e. The molecule has 70 heavy (non-hydrogen) atoms. The van der Waals surface area contributed by atoms with Gasteiger partial charge in [0, 0.05) is 22.2 Å². The third-order valence-electron chi connectivity index (χ3n) is 14.5. The molecule has 1 aliphatic carbocycles. The van der Waals surface area contributed by atoms with Crippen LogP contribution in [0.25, 0.3) is 77.2 Å². The Kier molecular flexibility index (Phi) is 10.1. The minimum Gasteiger partial charge on any atom is -0.309 e. The molecule has 0 bridgehead atoms. The first-order valence-electron chi connectivity index (χ1n) is 24.3. The average Bonchev–Trinajstić information content (AvgIpc) is 3.74. The molecule has 0 N–H and O–H groups in total. The van der Waals surface area contributed by atoms with Gasteiger partial charge in [0.05, 0.1) is 16.8 Å². The largest absolute Gasteiger partial charge is 0.309 e. The quantitative estimate of drug-likeness (QED) is 0.131. The van der Waals surface area contributed by atoms with Gasteiger partial charge >= 0.3 is 0 Å². The van der Waals surface area contributed by atoms with Crippen molar-refractivity contribution in [2.24, 2.45) is 0 Å². The van der Waals surface area contributed by atoms with E-state index >= 15 is 0 Å². The monoisotopic (exact) mass is 889 g/mol. The Morgan fingerprint density at radius 3 is 1.29 bits per heavy atom. The van der Waals surface area contributed by atoms with Crippen molar-refractivity contribution >= 4 is 38.6 Å². The zero-order chi connectivity index (χ0) is 46.4. The lowest BCUT2D eigenvalue weighted by Crippen LogP contribution is -2.29. The van der Waals surface area contributed by atoms with Crippen molar-refractivity contribution in [2.75, 3.05) is 4.90 Å². The van der Waals surface area contributed by atoms with Crippen LogP contribution in [-0.2, 0) is 5.41 Å². The van der Waals surface area contributed by atoms with Crippen molar-refractivity contribution in [3.8, 4) is 55.6 Å². The maximum atomic E-state index is 2.58. The SMILES string of the molecule is c1ccc(-c2ccc(-c3c(N(c4ccc5c(c4)C(c4ccccc4)(c4ccccc4)c4cc(-c6ccccc6)ccc4-5)c4ccccc4-c4ccccc4)c4ccccc4c4ccccc34)cc2)cc1. The van der Waals surface area contributed by atoms with E-state index in [0.717, 1.165) is 33.8 Å². The zero-order valence-corrected chi connectivity index (χ0v) is 38.6. The molecule has 0 aromatic heterocycles. The van der Waals surface area contributed by atoms with E-state index in [1.165, 1.54) is 82.7 Å². The van der Waals surface area contributed by atoms with Gasteiger partial charge in [0.25, 0.3) is 0 Å². The van der Waals surface area contributed by atoms with Crippen molar-refractivity contribution in [3.05, 3.63) is 307 Å². The Morgan fingerprint density at radius 1 is 0.257 bits per heavy atom. The summed E-state index contributed by atoms with van der Waals surface area (Å²) in [4.78, 5) is 2.58. The molecule has 0 heterocycles. The molecular weight excluding hydrogens is 843 g/mol. The normalized spacial score (nSPS) is 12.4. The highest BCUT2D eigenvalue weighted by atomic mass is 15.1. The molecule has 0 aliphatic heterocycles. The van der Waals surface area contributed by atoms with E-state index in [9.17, 15) is 0 Å². The molecule has 1 nitrogen and oxygen atoms in total. The lowest BCUT2D eigenvalue weighted by molar-refractivity contribution is 0.768. The van der Waals surface area contributed by atoms with Gasteiger partial charge in [0.2, 0.25) is 0 Å². The molecule has 328 valence electrons. The van der Waals surface area contributed by atoms with Crippen LogP contribution in [-0.4, -0.2) is 0 Å². The van der Waals surface area contributed by atoms with E-state index in [1.807, 2.05) is 0 Å². The first kappa shape index (κ1) is 41.2. The van der Waals surface area contributed by atoms with Crippen LogP contribution in [0.4, 0.5) is 17.1 Å². The Balaban J connectivity index is 1.15. The van der Waals surface area contributed by atoms with Crippen molar-refractivity contribution in [2.45, 2.75) is 5.41 Å². The van der Waals surface area contributed by atoms with E-state index in [1.54, 1.807) is 0 Å². The molecule has 0 spiro atoms. The predicted molar refractivity (Wildman–Crippen MR) is 295 cm³/mol. The fraction of sp³-hybridized carbons (Fsp3) is 0.0145. The van der Waals surface area contributed by atoms with E-state index < -0.39 is 5.41 Å². The number of anilines is 3. The van der Waals surface area contributed by atoms with Crippen LogP contribution in [0, 0.1) is 0 Å². The molecule has 12 aromatic carbocycles. The maximum absolute atomic E-state index is 2.58. The molecule has 0 saturated carbocycles. The predicted octanol–water partition coefficient (Wildman–Crippen LogP) is 18.5. The molecule has 0 saturated heterocycles. The number of benzene rings is 12. The molecule has 0 fully saturated rings. The van der Waals surface area contributed by atoms with Gasteiger partial charge in [-0.25, -0.2) is 0 Å². The highest BCUT2D eigenvalue weighted by Crippen LogP contribution is 2.59. The average molecular weight is 890 g/mol. The van der Waals surface area contributed by atoms with Gasteiger partial charge in [-0.1, -0.05) is 261 Å². The number of nitrogens with zero attached hydrogens (tertiary/aromatic N) is 1. The summed E-state index contributed by atoms with van der Waals surface area (Å²) >= 11 is 0. The molecule has 0 unspecified atom stereocenters. The van der Waals surface area contributed by atoms with Gasteiger partial charge in [-0.15, -0.1) is 0 Å². The van der Waals surface area contributed by atoms with Crippen LogP contribution in [0.5, 0.6) is 0 Å². The number of rotatable bonds is 9. The summed E-state index contributed by atoms with van der Waals surface area (Å²) in [5.74, 6) is 0. The van der Waals surface area contributed by atoms with E-state index in [-0.39, 0.29) is 0 Å². The van der Waals surface area contributed by atoms with Gasteiger partial charge in [-0.2, -0.15) is 0 Å². The minimum absolute atomic E-state index is 0.639. The van der Waals surface area contributed by atoms with E-state index in [2.05, 4.69) is 290 Å². The summed E-state index contributed by atoms with van der Waals surface area (Å²) in [6, 6.07) is 105. The van der Waals surface area contributed by atoms with Gasteiger partial charge in [-0.3, -0.25) is 0 Å². The van der Waals surface area contributed by atoms with E-state index in [4.69, 9.17) is 0 Å². The summed E-state index contributed by atoms with van der Waals surface area (Å²) in [6.07, 6.45) is 0. The second-order valence-corrected chi connectivity index (χ2v) is 18.3.